The van der Waals surface area contributed by atoms with Crippen molar-refractivity contribution in [3.63, 3.8) is 0 Å². The van der Waals surface area contributed by atoms with Crippen LogP contribution in [-0.2, 0) is 26.8 Å². The van der Waals surface area contributed by atoms with Gasteiger partial charge in [-0.25, -0.2) is 19.9 Å². The van der Waals surface area contributed by atoms with Gasteiger partial charge < -0.3 is 13.9 Å². The summed E-state index contributed by atoms with van der Waals surface area (Å²) in [6, 6.07) is 7.08. The predicted molar refractivity (Wildman–Crippen MR) is 139 cm³/mol. The van der Waals surface area contributed by atoms with Crippen LogP contribution in [0.3, 0.4) is 0 Å². The molecule has 10 nitrogen and oxygen atoms in total. The summed E-state index contributed by atoms with van der Waals surface area (Å²) >= 11 is 0. The van der Waals surface area contributed by atoms with E-state index in [-0.39, 0.29) is 11.4 Å². The molecule has 0 amide bonds. The number of hydrogen-bond acceptors (Lipinski definition) is 7. The molecule has 5 aromatic rings. The van der Waals surface area contributed by atoms with E-state index in [1.54, 1.807) is 41.6 Å². The Morgan fingerprint density at radius 2 is 1.77 bits per heavy atom. The summed E-state index contributed by atoms with van der Waals surface area (Å²) in [6.45, 7) is 2.15. The lowest BCUT2D eigenvalue weighted by Crippen LogP contribution is -2.23. The van der Waals surface area contributed by atoms with E-state index in [0.29, 0.717) is 52.3 Å². The topological polar surface area (TPSA) is 112 Å². The summed E-state index contributed by atoms with van der Waals surface area (Å²) < 4.78 is 49.7. The summed E-state index contributed by atoms with van der Waals surface area (Å²) in [5.74, 6) is 1.99. The first-order valence-electron chi connectivity index (χ1n) is 12.6. The van der Waals surface area contributed by atoms with E-state index in [1.807, 2.05) is 19.1 Å². The second kappa shape index (κ2) is 9.28. The normalized spacial score (nSPS) is 13.8. The van der Waals surface area contributed by atoms with Gasteiger partial charge in [0.05, 0.1) is 25.5 Å². The molecule has 1 N–H and O–H groups in total. The molecule has 206 valence electrons. The number of nitrogens with one attached hydrogen (secondary N) is 1. The summed E-state index contributed by atoms with van der Waals surface area (Å²) in [6.07, 6.45) is 0.207. The standard InChI is InChI=1S/C27H26F3N9O/c1-14-33-21(16-9-10-16)20(25(34-14)40-4)22-32-11-18-24(36-22)39(26(31)38(18)3)12-15-5-7-17(8-6-15)23-35-19(13-37(23)2)27(28,29)30/h5-8,11,13,16,31H,9-10,12H2,1-4H3. The highest BCUT2D eigenvalue weighted by Crippen LogP contribution is 2.45. The first-order chi connectivity index (χ1) is 19.0. The molecule has 0 saturated heterocycles. The van der Waals surface area contributed by atoms with Crippen molar-refractivity contribution in [3.05, 3.63) is 65.1 Å². The Labute approximate surface area is 226 Å². The number of rotatable bonds is 6. The van der Waals surface area contributed by atoms with Crippen molar-refractivity contribution in [2.45, 2.75) is 38.4 Å². The number of alkyl halides is 3. The van der Waals surface area contributed by atoms with Gasteiger partial charge in [0.25, 0.3) is 0 Å². The summed E-state index contributed by atoms with van der Waals surface area (Å²) in [4.78, 5) is 22.4. The van der Waals surface area contributed by atoms with Crippen molar-refractivity contribution in [1.29, 1.82) is 5.41 Å². The maximum atomic E-state index is 13.1. The van der Waals surface area contributed by atoms with Gasteiger partial charge in [-0.1, -0.05) is 24.3 Å². The molecule has 0 unspecified atom stereocenters. The van der Waals surface area contributed by atoms with Crippen molar-refractivity contribution in [2.24, 2.45) is 14.1 Å². The predicted octanol–water partition coefficient (Wildman–Crippen LogP) is 4.37. The third kappa shape index (κ3) is 4.40. The third-order valence-electron chi connectivity index (χ3n) is 7.06. The van der Waals surface area contributed by atoms with Gasteiger partial charge in [0.15, 0.2) is 17.2 Å². The zero-order chi connectivity index (χ0) is 28.3. The number of fused-ring (bicyclic) bond motifs is 1. The summed E-state index contributed by atoms with van der Waals surface area (Å²) in [5.41, 5.74) is 3.46. The van der Waals surface area contributed by atoms with E-state index in [0.717, 1.165) is 30.3 Å². The van der Waals surface area contributed by atoms with Gasteiger partial charge in [0, 0.05) is 31.8 Å². The number of aromatic nitrogens is 8. The smallest absolute Gasteiger partial charge is 0.434 e. The first-order valence-corrected chi connectivity index (χ1v) is 12.6. The number of aryl methyl sites for hydroxylation is 3. The molecule has 1 aliphatic carbocycles. The number of nitrogens with zero attached hydrogens (tertiary/aromatic N) is 8. The van der Waals surface area contributed by atoms with Crippen molar-refractivity contribution >= 4 is 11.2 Å². The maximum absolute atomic E-state index is 13.1. The average Bonchev–Trinajstić information content (AvgIpc) is 3.66. The third-order valence-corrected chi connectivity index (χ3v) is 7.06. The minimum Gasteiger partial charge on any atom is -0.480 e. The quantitative estimate of drug-likeness (QED) is 0.337. The second-order valence-electron chi connectivity index (χ2n) is 9.94. The highest BCUT2D eigenvalue weighted by molar-refractivity contribution is 5.76. The fourth-order valence-corrected chi connectivity index (χ4v) is 4.86. The highest BCUT2D eigenvalue weighted by Gasteiger charge is 2.35. The molecule has 0 aliphatic heterocycles. The van der Waals surface area contributed by atoms with Crippen molar-refractivity contribution in [3.8, 4) is 28.7 Å². The molecule has 13 heteroatoms. The van der Waals surface area contributed by atoms with E-state index in [1.165, 1.54) is 11.6 Å². The van der Waals surface area contributed by atoms with E-state index < -0.39 is 11.9 Å². The highest BCUT2D eigenvalue weighted by atomic mass is 19.4. The Hall–Kier alpha value is -4.55. The molecule has 1 aromatic carbocycles. The Morgan fingerprint density at radius 3 is 2.40 bits per heavy atom. The Bertz CT molecular complexity index is 1810. The Morgan fingerprint density at radius 1 is 1.05 bits per heavy atom. The van der Waals surface area contributed by atoms with Crippen molar-refractivity contribution < 1.29 is 17.9 Å². The number of benzene rings is 1. The van der Waals surface area contributed by atoms with E-state index in [4.69, 9.17) is 15.1 Å². The number of hydrogen-bond donors (Lipinski definition) is 1. The fourth-order valence-electron chi connectivity index (χ4n) is 4.86. The van der Waals surface area contributed by atoms with Crippen LogP contribution >= 0.6 is 0 Å². The molecule has 4 aromatic heterocycles. The molecule has 0 spiro atoms. The Kier molecular flexibility index (Phi) is 5.97. The van der Waals surface area contributed by atoms with Gasteiger partial charge in [-0.2, -0.15) is 18.2 Å². The molecule has 1 fully saturated rings. The first kappa shape index (κ1) is 25.7. The van der Waals surface area contributed by atoms with Gasteiger partial charge in [-0.05, 0) is 25.3 Å². The van der Waals surface area contributed by atoms with E-state index in [2.05, 4.69) is 19.9 Å². The summed E-state index contributed by atoms with van der Waals surface area (Å²) in [7, 11) is 4.87. The maximum Gasteiger partial charge on any atom is 0.434 e. The molecular formula is C27H26F3N9O. The fraction of sp³-hybridized carbons (Fsp3) is 0.333. The SMILES string of the molecule is COc1nc(C)nc(C2CC2)c1-c1ncc2c(n1)n(Cc1ccc(-c3nc(C(F)(F)F)cn3C)cc1)c(=N)n2C. The van der Waals surface area contributed by atoms with Gasteiger partial charge in [-0.3, -0.25) is 9.98 Å². The molecule has 6 rings (SSSR count). The average molecular weight is 550 g/mol. The van der Waals surface area contributed by atoms with Gasteiger partial charge >= 0.3 is 6.18 Å². The van der Waals surface area contributed by atoms with Crippen LogP contribution in [0.5, 0.6) is 5.88 Å². The lowest BCUT2D eigenvalue weighted by molar-refractivity contribution is -0.140. The minimum absolute atomic E-state index is 0.219. The van der Waals surface area contributed by atoms with Crippen LogP contribution in [-0.4, -0.2) is 45.7 Å². The van der Waals surface area contributed by atoms with Crippen LogP contribution in [0.4, 0.5) is 13.2 Å². The molecule has 0 radical (unpaired) electrons. The lowest BCUT2D eigenvalue weighted by Gasteiger charge is -2.12. The van der Waals surface area contributed by atoms with Crippen LogP contribution in [0, 0.1) is 12.3 Å². The van der Waals surface area contributed by atoms with Crippen LogP contribution in [0.1, 0.15) is 41.5 Å². The Balaban J connectivity index is 1.39. The monoisotopic (exact) mass is 549 g/mol. The second-order valence-corrected chi connectivity index (χ2v) is 9.94. The number of imidazole rings is 2. The molecule has 1 saturated carbocycles. The van der Waals surface area contributed by atoms with Gasteiger partial charge in [-0.15, -0.1) is 0 Å². The zero-order valence-corrected chi connectivity index (χ0v) is 22.3. The number of halogens is 3. The van der Waals surface area contributed by atoms with E-state index >= 15 is 0 Å². The zero-order valence-electron chi connectivity index (χ0n) is 22.3. The van der Waals surface area contributed by atoms with Crippen LogP contribution in [0.15, 0.2) is 36.7 Å². The largest absolute Gasteiger partial charge is 0.480 e. The minimum atomic E-state index is -4.51. The van der Waals surface area contributed by atoms with Gasteiger partial charge in [0.1, 0.15) is 22.7 Å². The molecule has 0 bridgehead atoms. The molecule has 40 heavy (non-hydrogen) atoms. The number of ether oxygens (including phenoxy) is 1. The summed E-state index contributed by atoms with van der Waals surface area (Å²) in [5, 5.41) is 8.73. The number of methoxy groups -OCH3 is 1. The molecule has 4 heterocycles. The lowest BCUT2D eigenvalue weighted by atomic mass is 10.1. The molecular weight excluding hydrogens is 523 g/mol. The van der Waals surface area contributed by atoms with Crippen LogP contribution in [0.25, 0.3) is 33.9 Å². The van der Waals surface area contributed by atoms with Crippen molar-refractivity contribution in [1.82, 2.24) is 38.6 Å². The molecule has 1 aliphatic rings. The van der Waals surface area contributed by atoms with Crippen molar-refractivity contribution in [2.75, 3.05) is 7.11 Å². The van der Waals surface area contributed by atoms with E-state index in [9.17, 15) is 13.2 Å². The molecule has 0 atom stereocenters. The van der Waals surface area contributed by atoms with Crippen LogP contribution in [0.2, 0.25) is 0 Å². The van der Waals surface area contributed by atoms with Gasteiger partial charge in [0.2, 0.25) is 11.5 Å². The van der Waals surface area contributed by atoms with Crippen LogP contribution < -0.4 is 10.4 Å².